The third-order valence-corrected chi connectivity index (χ3v) is 2.21. The summed E-state index contributed by atoms with van der Waals surface area (Å²) in [6.45, 7) is 5.80. The van der Waals surface area contributed by atoms with Crippen LogP contribution in [-0.2, 0) is 0 Å². The zero-order valence-electron chi connectivity index (χ0n) is 7.87. The first-order chi connectivity index (χ1) is 6.11. The van der Waals surface area contributed by atoms with Crippen LogP contribution in [0.5, 0.6) is 0 Å². The molecule has 0 radical (unpaired) electrons. The molecule has 5 heteroatoms. The Morgan fingerprint density at radius 1 is 1.08 bits per heavy atom. The summed E-state index contributed by atoms with van der Waals surface area (Å²) < 4.78 is 1.82. The highest BCUT2D eigenvalue weighted by Gasteiger charge is 2.09. The van der Waals surface area contributed by atoms with Crippen LogP contribution in [0, 0.1) is 20.8 Å². The van der Waals surface area contributed by atoms with Crippen LogP contribution in [0.25, 0.3) is 5.65 Å². The minimum Gasteiger partial charge on any atom is -0.368 e. The van der Waals surface area contributed by atoms with Gasteiger partial charge in [-0.25, -0.2) is 0 Å². The van der Waals surface area contributed by atoms with Gasteiger partial charge in [0.05, 0.1) is 11.4 Å². The highest BCUT2D eigenvalue weighted by molar-refractivity contribution is 5.49. The number of rotatable bonds is 0. The quantitative estimate of drug-likeness (QED) is 0.640. The lowest BCUT2D eigenvalue weighted by Gasteiger charge is -2.05. The Bertz CT molecular complexity index is 471. The number of anilines is 1. The van der Waals surface area contributed by atoms with Gasteiger partial charge in [-0.05, 0) is 20.8 Å². The predicted molar refractivity (Wildman–Crippen MR) is 49.4 cm³/mol. The van der Waals surface area contributed by atoms with Gasteiger partial charge in [0.2, 0.25) is 5.95 Å². The third-order valence-electron chi connectivity index (χ3n) is 2.21. The van der Waals surface area contributed by atoms with E-state index in [1.165, 1.54) is 0 Å². The highest BCUT2D eigenvalue weighted by Crippen LogP contribution is 2.13. The van der Waals surface area contributed by atoms with Crippen LogP contribution in [0.1, 0.15) is 17.1 Å². The zero-order chi connectivity index (χ0) is 9.59. The lowest BCUT2D eigenvalue weighted by atomic mass is 10.3. The van der Waals surface area contributed by atoms with E-state index in [0.29, 0.717) is 5.95 Å². The molecule has 0 saturated carbocycles. The molecule has 0 aliphatic carbocycles. The fourth-order valence-electron chi connectivity index (χ4n) is 1.41. The number of hydrogen-bond donors (Lipinski definition) is 1. The molecule has 68 valence electrons. The SMILES string of the molecule is Cc1nc(C)c2nnc(N)n2c1C. The Morgan fingerprint density at radius 2 is 1.77 bits per heavy atom. The van der Waals surface area contributed by atoms with Gasteiger partial charge in [0, 0.05) is 5.69 Å². The molecule has 0 aliphatic heterocycles. The lowest BCUT2D eigenvalue weighted by Crippen LogP contribution is -2.03. The third kappa shape index (κ3) is 0.965. The second-order valence-electron chi connectivity index (χ2n) is 3.09. The maximum Gasteiger partial charge on any atom is 0.226 e. The molecule has 2 heterocycles. The number of nitrogens with zero attached hydrogens (tertiary/aromatic N) is 4. The lowest BCUT2D eigenvalue weighted by molar-refractivity contribution is 0.974. The summed E-state index contributed by atoms with van der Waals surface area (Å²) in [6, 6.07) is 0. The molecule has 2 aromatic rings. The summed E-state index contributed by atoms with van der Waals surface area (Å²) in [7, 11) is 0. The Labute approximate surface area is 75.6 Å². The van der Waals surface area contributed by atoms with Crippen molar-refractivity contribution in [2.24, 2.45) is 0 Å². The van der Waals surface area contributed by atoms with Crippen molar-refractivity contribution >= 4 is 11.6 Å². The second-order valence-corrected chi connectivity index (χ2v) is 3.09. The average Bonchev–Trinajstić information content (AvgIpc) is 2.44. The normalized spacial score (nSPS) is 11.0. The first-order valence-corrected chi connectivity index (χ1v) is 4.05. The monoisotopic (exact) mass is 177 g/mol. The molecule has 0 aromatic carbocycles. The van der Waals surface area contributed by atoms with E-state index in [2.05, 4.69) is 15.2 Å². The number of hydrogen-bond acceptors (Lipinski definition) is 4. The summed E-state index contributed by atoms with van der Waals surface area (Å²) in [5.74, 6) is 0.418. The van der Waals surface area contributed by atoms with Gasteiger partial charge in [-0.15, -0.1) is 10.2 Å². The minimum absolute atomic E-state index is 0.418. The van der Waals surface area contributed by atoms with Crippen LogP contribution >= 0.6 is 0 Å². The van der Waals surface area contributed by atoms with Crippen LogP contribution < -0.4 is 5.73 Å². The smallest absolute Gasteiger partial charge is 0.226 e. The minimum atomic E-state index is 0.418. The molecule has 13 heavy (non-hydrogen) atoms. The molecule has 5 nitrogen and oxygen atoms in total. The van der Waals surface area contributed by atoms with E-state index >= 15 is 0 Å². The van der Waals surface area contributed by atoms with Gasteiger partial charge in [0.25, 0.3) is 0 Å². The molecule has 0 aliphatic rings. The Hall–Kier alpha value is -1.65. The molecule has 0 atom stereocenters. The highest BCUT2D eigenvalue weighted by atomic mass is 15.3. The van der Waals surface area contributed by atoms with Gasteiger partial charge in [-0.3, -0.25) is 9.38 Å². The summed E-state index contributed by atoms with van der Waals surface area (Å²) in [4.78, 5) is 4.34. The fourth-order valence-corrected chi connectivity index (χ4v) is 1.41. The van der Waals surface area contributed by atoms with E-state index in [9.17, 15) is 0 Å². The molecule has 0 unspecified atom stereocenters. The molecular formula is C8H11N5. The molecule has 0 amide bonds. The van der Waals surface area contributed by atoms with Gasteiger partial charge in [-0.1, -0.05) is 0 Å². The number of nitrogens with two attached hydrogens (primary N) is 1. The van der Waals surface area contributed by atoms with Gasteiger partial charge in [0.15, 0.2) is 5.65 Å². The first-order valence-electron chi connectivity index (χ1n) is 4.05. The van der Waals surface area contributed by atoms with Crippen molar-refractivity contribution in [2.45, 2.75) is 20.8 Å². The second kappa shape index (κ2) is 2.42. The zero-order valence-corrected chi connectivity index (χ0v) is 7.87. The Morgan fingerprint density at radius 3 is 2.46 bits per heavy atom. The number of fused-ring (bicyclic) bond motifs is 1. The topological polar surface area (TPSA) is 69.1 Å². The molecule has 0 spiro atoms. The fraction of sp³-hybridized carbons (Fsp3) is 0.375. The maximum atomic E-state index is 5.68. The van der Waals surface area contributed by atoms with E-state index < -0.39 is 0 Å². The molecule has 2 rings (SSSR count). The molecule has 0 bridgehead atoms. The summed E-state index contributed by atoms with van der Waals surface area (Å²) >= 11 is 0. The number of aryl methyl sites for hydroxylation is 3. The van der Waals surface area contributed by atoms with Gasteiger partial charge < -0.3 is 5.73 Å². The van der Waals surface area contributed by atoms with Gasteiger partial charge >= 0.3 is 0 Å². The molecule has 0 saturated heterocycles. The van der Waals surface area contributed by atoms with Crippen molar-refractivity contribution in [2.75, 3.05) is 5.73 Å². The van der Waals surface area contributed by atoms with E-state index in [4.69, 9.17) is 5.73 Å². The first kappa shape index (κ1) is 7.97. The largest absolute Gasteiger partial charge is 0.368 e. The van der Waals surface area contributed by atoms with Crippen LogP contribution in [0.2, 0.25) is 0 Å². The summed E-state index contributed by atoms with van der Waals surface area (Å²) in [6.07, 6.45) is 0. The standard InChI is InChI=1S/C8H11N5/c1-4-6(3)13-7(5(2)10-4)11-12-8(13)9/h1-3H3,(H2,9,12). The Kier molecular flexibility index (Phi) is 1.48. The van der Waals surface area contributed by atoms with E-state index in [1.54, 1.807) is 0 Å². The van der Waals surface area contributed by atoms with Crippen LogP contribution in [-0.4, -0.2) is 19.6 Å². The van der Waals surface area contributed by atoms with E-state index in [0.717, 1.165) is 22.7 Å². The van der Waals surface area contributed by atoms with E-state index in [1.807, 2.05) is 25.2 Å². The summed E-state index contributed by atoms with van der Waals surface area (Å²) in [5.41, 5.74) is 9.21. The number of nitrogen functional groups attached to an aromatic ring is 1. The van der Waals surface area contributed by atoms with Gasteiger partial charge in [-0.2, -0.15) is 0 Å². The van der Waals surface area contributed by atoms with Crippen LogP contribution in [0.15, 0.2) is 0 Å². The van der Waals surface area contributed by atoms with Crippen LogP contribution in [0.4, 0.5) is 5.95 Å². The van der Waals surface area contributed by atoms with Crippen molar-refractivity contribution in [3.8, 4) is 0 Å². The molecular weight excluding hydrogens is 166 g/mol. The van der Waals surface area contributed by atoms with Gasteiger partial charge in [0.1, 0.15) is 0 Å². The van der Waals surface area contributed by atoms with E-state index in [-0.39, 0.29) is 0 Å². The Balaban J connectivity index is 3.00. The molecule has 0 fully saturated rings. The van der Waals surface area contributed by atoms with Crippen molar-refractivity contribution in [3.63, 3.8) is 0 Å². The van der Waals surface area contributed by atoms with Crippen molar-refractivity contribution in [1.29, 1.82) is 0 Å². The molecule has 2 aromatic heterocycles. The predicted octanol–water partition coefficient (Wildman–Crippen LogP) is 0.632. The average molecular weight is 177 g/mol. The molecule has 2 N–H and O–H groups in total. The van der Waals surface area contributed by atoms with Crippen LogP contribution in [0.3, 0.4) is 0 Å². The maximum absolute atomic E-state index is 5.68. The van der Waals surface area contributed by atoms with Crippen molar-refractivity contribution in [1.82, 2.24) is 19.6 Å². The van der Waals surface area contributed by atoms with Crippen molar-refractivity contribution in [3.05, 3.63) is 17.1 Å². The number of aromatic nitrogens is 4. The summed E-state index contributed by atoms with van der Waals surface area (Å²) in [5, 5.41) is 7.75. The van der Waals surface area contributed by atoms with Crippen molar-refractivity contribution < 1.29 is 0 Å².